The predicted octanol–water partition coefficient (Wildman–Crippen LogP) is 3.12. The SMILES string of the molecule is Cc1ccc2[nH]nc(C(=O)NCCCN(C)Cc3ccccc3)c2c1. The van der Waals surface area contributed by atoms with Crippen molar-refractivity contribution in [1.82, 2.24) is 20.4 Å². The zero-order valence-corrected chi connectivity index (χ0v) is 14.7. The van der Waals surface area contributed by atoms with Gasteiger partial charge in [-0.15, -0.1) is 0 Å². The molecule has 0 atom stereocenters. The first-order chi connectivity index (χ1) is 12.1. The topological polar surface area (TPSA) is 61.0 Å². The number of aromatic nitrogens is 2. The van der Waals surface area contributed by atoms with Crippen LogP contribution in [-0.4, -0.2) is 41.1 Å². The van der Waals surface area contributed by atoms with Gasteiger partial charge in [-0.3, -0.25) is 9.89 Å². The Labute approximate surface area is 148 Å². The van der Waals surface area contributed by atoms with Gasteiger partial charge in [-0.1, -0.05) is 42.0 Å². The molecule has 0 aliphatic carbocycles. The fourth-order valence-corrected chi connectivity index (χ4v) is 2.91. The van der Waals surface area contributed by atoms with Crippen molar-refractivity contribution in [3.8, 4) is 0 Å². The summed E-state index contributed by atoms with van der Waals surface area (Å²) in [6, 6.07) is 16.3. The van der Waals surface area contributed by atoms with Crippen LogP contribution >= 0.6 is 0 Å². The summed E-state index contributed by atoms with van der Waals surface area (Å²) in [5.41, 5.74) is 3.77. The minimum absolute atomic E-state index is 0.123. The zero-order valence-electron chi connectivity index (χ0n) is 14.7. The Balaban J connectivity index is 1.47. The molecule has 0 saturated carbocycles. The molecule has 0 unspecified atom stereocenters. The van der Waals surface area contributed by atoms with Gasteiger partial charge in [0.1, 0.15) is 0 Å². The lowest BCUT2D eigenvalue weighted by atomic mass is 10.1. The lowest BCUT2D eigenvalue weighted by Gasteiger charge is -2.16. The van der Waals surface area contributed by atoms with Crippen molar-refractivity contribution in [2.45, 2.75) is 19.9 Å². The van der Waals surface area contributed by atoms with Crippen molar-refractivity contribution in [3.05, 3.63) is 65.4 Å². The Bertz CT molecular complexity index is 841. The molecule has 1 heterocycles. The van der Waals surface area contributed by atoms with Crippen molar-refractivity contribution in [1.29, 1.82) is 0 Å². The second-order valence-corrected chi connectivity index (χ2v) is 6.45. The molecule has 1 aromatic heterocycles. The molecular formula is C20H24N4O. The van der Waals surface area contributed by atoms with Crippen molar-refractivity contribution < 1.29 is 4.79 Å². The molecule has 0 saturated heterocycles. The molecule has 1 amide bonds. The van der Waals surface area contributed by atoms with Crippen LogP contribution in [0.3, 0.4) is 0 Å². The van der Waals surface area contributed by atoms with Gasteiger partial charge in [-0.25, -0.2) is 0 Å². The van der Waals surface area contributed by atoms with Crippen LogP contribution < -0.4 is 5.32 Å². The predicted molar refractivity (Wildman–Crippen MR) is 101 cm³/mol. The average Bonchev–Trinajstić information content (AvgIpc) is 3.02. The van der Waals surface area contributed by atoms with Gasteiger partial charge in [-0.05, 0) is 44.6 Å². The van der Waals surface area contributed by atoms with E-state index in [1.807, 2.05) is 31.2 Å². The molecule has 130 valence electrons. The van der Waals surface area contributed by atoms with Crippen LogP contribution in [0, 0.1) is 6.92 Å². The van der Waals surface area contributed by atoms with Crippen LogP contribution in [0.2, 0.25) is 0 Å². The van der Waals surface area contributed by atoms with Crippen molar-refractivity contribution in [2.24, 2.45) is 0 Å². The fraction of sp³-hybridized carbons (Fsp3) is 0.300. The van der Waals surface area contributed by atoms with Crippen LogP contribution in [0.5, 0.6) is 0 Å². The highest BCUT2D eigenvalue weighted by Crippen LogP contribution is 2.17. The molecule has 0 fully saturated rings. The third-order valence-electron chi connectivity index (χ3n) is 4.23. The van der Waals surface area contributed by atoms with Crippen molar-refractivity contribution in [3.63, 3.8) is 0 Å². The molecule has 0 radical (unpaired) electrons. The zero-order chi connectivity index (χ0) is 17.6. The van der Waals surface area contributed by atoms with E-state index >= 15 is 0 Å². The highest BCUT2D eigenvalue weighted by molar-refractivity contribution is 6.04. The maximum Gasteiger partial charge on any atom is 0.272 e. The number of nitrogens with one attached hydrogen (secondary N) is 2. The summed E-state index contributed by atoms with van der Waals surface area (Å²) in [4.78, 5) is 14.6. The molecule has 2 aromatic carbocycles. The number of amides is 1. The van der Waals surface area contributed by atoms with Gasteiger partial charge in [0.15, 0.2) is 5.69 Å². The molecule has 3 aromatic rings. The Morgan fingerprint density at radius 1 is 1.20 bits per heavy atom. The second-order valence-electron chi connectivity index (χ2n) is 6.45. The van der Waals surface area contributed by atoms with Crippen molar-refractivity contribution in [2.75, 3.05) is 20.1 Å². The monoisotopic (exact) mass is 336 g/mol. The number of benzene rings is 2. The van der Waals surface area contributed by atoms with E-state index in [1.54, 1.807) is 0 Å². The van der Waals surface area contributed by atoms with E-state index in [0.29, 0.717) is 12.2 Å². The smallest absolute Gasteiger partial charge is 0.272 e. The lowest BCUT2D eigenvalue weighted by molar-refractivity contribution is 0.0948. The summed E-state index contributed by atoms with van der Waals surface area (Å²) in [5.74, 6) is -0.123. The highest BCUT2D eigenvalue weighted by Gasteiger charge is 2.13. The number of carbonyl (C=O) groups is 1. The molecule has 3 rings (SSSR count). The Hall–Kier alpha value is -2.66. The van der Waals surface area contributed by atoms with Crippen LogP contribution in [-0.2, 0) is 6.54 Å². The summed E-state index contributed by atoms with van der Waals surface area (Å²) in [5, 5.41) is 10.9. The Morgan fingerprint density at radius 3 is 2.80 bits per heavy atom. The third kappa shape index (κ3) is 4.45. The van der Waals surface area contributed by atoms with E-state index in [0.717, 1.165) is 36.0 Å². The van der Waals surface area contributed by atoms with Gasteiger partial charge in [-0.2, -0.15) is 5.10 Å². The number of rotatable bonds is 7. The van der Waals surface area contributed by atoms with Gasteiger partial charge in [0.2, 0.25) is 0 Å². The molecule has 5 nitrogen and oxygen atoms in total. The first kappa shape index (κ1) is 17.2. The van der Waals surface area contributed by atoms with E-state index in [-0.39, 0.29) is 5.91 Å². The number of nitrogens with zero attached hydrogens (tertiary/aromatic N) is 2. The molecular weight excluding hydrogens is 312 g/mol. The summed E-state index contributed by atoms with van der Waals surface area (Å²) in [7, 11) is 2.10. The lowest BCUT2D eigenvalue weighted by Crippen LogP contribution is -2.28. The number of aryl methyl sites for hydroxylation is 1. The van der Waals surface area contributed by atoms with E-state index in [9.17, 15) is 4.79 Å². The largest absolute Gasteiger partial charge is 0.351 e. The molecule has 0 spiro atoms. The van der Waals surface area contributed by atoms with Crippen LogP contribution in [0.15, 0.2) is 48.5 Å². The fourth-order valence-electron chi connectivity index (χ4n) is 2.91. The molecule has 5 heteroatoms. The standard InChI is InChI=1S/C20H24N4O/c1-15-9-10-18-17(13-15)19(23-22-18)20(25)21-11-6-12-24(2)14-16-7-4-3-5-8-16/h3-5,7-10,13H,6,11-12,14H2,1-2H3,(H,21,25)(H,22,23). The normalized spacial score (nSPS) is 11.2. The summed E-state index contributed by atoms with van der Waals surface area (Å²) < 4.78 is 0. The molecule has 0 bridgehead atoms. The third-order valence-corrected chi connectivity index (χ3v) is 4.23. The molecule has 2 N–H and O–H groups in total. The van der Waals surface area contributed by atoms with Gasteiger partial charge in [0, 0.05) is 18.5 Å². The Morgan fingerprint density at radius 2 is 2.00 bits per heavy atom. The minimum atomic E-state index is -0.123. The number of carbonyl (C=O) groups excluding carboxylic acids is 1. The number of hydrogen-bond acceptors (Lipinski definition) is 3. The van der Waals surface area contributed by atoms with Crippen LogP contribution in [0.25, 0.3) is 10.9 Å². The van der Waals surface area contributed by atoms with Gasteiger partial charge < -0.3 is 10.2 Å². The number of aromatic amines is 1. The number of fused-ring (bicyclic) bond motifs is 1. The maximum atomic E-state index is 12.4. The quantitative estimate of drug-likeness (QED) is 0.652. The molecule has 0 aliphatic rings. The second kappa shape index (κ2) is 7.94. The minimum Gasteiger partial charge on any atom is -0.351 e. The average molecular weight is 336 g/mol. The number of hydrogen-bond donors (Lipinski definition) is 2. The summed E-state index contributed by atoms with van der Waals surface area (Å²) in [6.45, 7) is 4.49. The van der Waals surface area contributed by atoms with E-state index < -0.39 is 0 Å². The first-order valence-electron chi connectivity index (χ1n) is 8.59. The van der Waals surface area contributed by atoms with Crippen molar-refractivity contribution >= 4 is 16.8 Å². The van der Waals surface area contributed by atoms with Gasteiger partial charge in [0.05, 0.1) is 5.52 Å². The van der Waals surface area contributed by atoms with Gasteiger partial charge in [0.25, 0.3) is 5.91 Å². The summed E-state index contributed by atoms with van der Waals surface area (Å²) in [6.07, 6.45) is 0.899. The highest BCUT2D eigenvalue weighted by atomic mass is 16.1. The summed E-state index contributed by atoms with van der Waals surface area (Å²) >= 11 is 0. The first-order valence-corrected chi connectivity index (χ1v) is 8.59. The van der Waals surface area contributed by atoms with Crippen LogP contribution in [0.4, 0.5) is 0 Å². The van der Waals surface area contributed by atoms with E-state index in [4.69, 9.17) is 0 Å². The molecule has 0 aliphatic heterocycles. The Kier molecular flexibility index (Phi) is 5.46. The van der Waals surface area contributed by atoms with Gasteiger partial charge >= 0.3 is 0 Å². The maximum absolute atomic E-state index is 12.4. The van der Waals surface area contributed by atoms with E-state index in [1.165, 1.54) is 5.56 Å². The van der Waals surface area contributed by atoms with Crippen LogP contribution in [0.1, 0.15) is 28.0 Å². The molecule has 25 heavy (non-hydrogen) atoms. The number of H-pyrrole nitrogens is 1. The van der Waals surface area contributed by atoms with E-state index in [2.05, 4.69) is 51.7 Å².